The molecule has 1 unspecified atom stereocenters. The zero-order chi connectivity index (χ0) is 19.6. The number of nitrogens with zero attached hydrogens (tertiary/aromatic N) is 1. The van der Waals surface area contributed by atoms with Crippen LogP contribution in [0.2, 0.25) is 0 Å². The summed E-state index contributed by atoms with van der Waals surface area (Å²) in [5.74, 6) is -0.316. The molecule has 2 aliphatic heterocycles. The number of likely N-dealkylation sites (tertiary alicyclic amines) is 1. The lowest BCUT2D eigenvalue weighted by atomic mass is 9.48. The number of aromatic hydroxyl groups is 2. The largest absolute Gasteiger partial charge is 0.504 e. The summed E-state index contributed by atoms with van der Waals surface area (Å²) in [4.78, 5) is 12.9. The number of aliphatic hydroxyl groups is 2. The van der Waals surface area contributed by atoms with Crippen LogP contribution in [0.4, 0.5) is 0 Å². The second kappa shape index (κ2) is 5.45. The molecule has 1 saturated heterocycles. The number of carbonyl (C=O) groups excluding carboxylic acids is 1. The molecule has 3 fully saturated rings. The number of ketones is 1. The molecule has 158 valence electrons. The Balaban J connectivity index is 0.00000181. The highest BCUT2D eigenvalue weighted by atomic mass is 16.5. The molecule has 1 aromatic rings. The Kier molecular flexibility index (Phi) is 3.60. The Morgan fingerprint density at radius 3 is 2.72 bits per heavy atom. The molecule has 7 heteroatoms. The van der Waals surface area contributed by atoms with Gasteiger partial charge in [-0.15, -0.1) is 0 Å². The zero-order valence-electron chi connectivity index (χ0n) is 16.9. The molecule has 1 aromatic carbocycles. The molecule has 4 N–H and O–H groups in total. The number of phenolic OH excluding ortho intramolecular Hbond substituents is 2. The first-order valence-electron chi connectivity index (χ1n) is 10.2. The van der Waals surface area contributed by atoms with Gasteiger partial charge in [-0.2, -0.15) is 0 Å². The van der Waals surface area contributed by atoms with Crippen molar-refractivity contribution in [3.8, 4) is 17.2 Å². The Bertz CT molecular complexity index is 928. The first-order chi connectivity index (χ1) is 13.2. The van der Waals surface area contributed by atoms with Crippen LogP contribution in [0.5, 0.6) is 17.2 Å². The van der Waals surface area contributed by atoms with Crippen molar-refractivity contribution in [1.29, 1.82) is 0 Å². The van der Waals surface area contributed by atoms with Gasteiger partial charge in [0.1, 0.15) is 17.7 Å². The number of carbonyl (C=O) groups is 1. The molecule has 2 bridgehead atoms. The normalized spacial score (nSPS) is 44.0. The van der Waals surface area contributed by atoms with E-state index in [0.29, 0.717) is 28.8 Å². The summed E-state index contributed by atoms with van der Waals surface area (Å²) in [6.07, 6.45) is 1.18. The third kappa shape index (κ3) is 2.01. The van der Waals surface area contributed by atoms with E-state index in [0.717, 1.165) is 18.7 Å². The summed E-state index contributed by atoms with van der Waals surface area (Å²) in [5, 5.41) is 43.4. The van der Waals surface area contributed by atoms with Gasteiger partial charge in [-0.25, -0.2) is 0 Å². The predicted octanol–water partition coefficient (Wildman–Crippen LogP) is 0.797. The third-order valence-corrected chi connectivity index (χ3v) is 8.42. The zero-order valence-corrected chi connectivity index (χ0v) is 16.9. The van der Waals surface area contributed by atoms with Crippen molar-refractivity contribution in [2.45, 2.75) is 61.4 Å². The molecule has 0 aromatic heterocycles. The Labute approximate surface area is 170 Å². The van der Waals surface area contributed by atoms with Crippen molar-refractivity contribution < 1.29 is 34.4 Å². The van der Waals surface area contributed by atoms with Crippen molar-refractivity contribution in [3.05, 3.63) is 24.6 Å². The maximum absolute atomic E-state index is 12.9. The van der Waals surface area contributed by atoms with E-state index in [-0.39, 0.29) is 37.1 Å². The Hall–Kier alpha value is -1.83. The molecule has 2 saturated carbocycles. The number of hydrogen-bond donors (Lipinski definition) is 4. The summed E-state index contributed by atoms with van der Waals surface area (Å²) in [6, 6.07) is 1.37. The third-order valence-electron chi connectivity index (χ3n) is 8.42. The van der Waals surface area contributed by atoms with Gasteiger partial charge < -0.3 is 37.1 Å². The maximum atomic E-state index is 12.9. The fourth-order valence-corrected chi connectivity index (χ4v) is 7.01. The van der Waals surface area contributed by atoms with Gasteiger partial charge >= 0.3 is 0 Å². The number of Topliss-reactive ketones (excluding diaryl/α,β-unsaturated/α-hetero) is 1. The standard InChI is InChI=1S/C21H25NO6.CH3/c1-22(9-10-2-3-10)5-4-20-15-11-6-12(23)16(25)18(15)28-19(20)17(26)13(24)8-21(20,27)14(22)7-11;/h6,10,13-14,19,24,27H,2-5,7-9H2,1H3,(H-,23,25);1H3/q;-1/p+1/t13?,14-,19+,20+,21-,22-;/m1./s1. The summed E-state index contributed by atoms with van der Waals surface area (Å²) < 4.78 is 6.61. The number of benzene rings is 1. The molecule has 5 aliphatic rings. The summed E-state index contributed by atoms with van der Waals surface area (Å²) in [7, 11) is 2.17. The van der Waals surface area contributed by atoms with Crippen molar-refractivity contribution in [1.82, 2.24) is 0 Å². The van der Waals surface area contributed by atoms with Crippen LogP contribution in [0.1, 0.15) is 36.8 Å². The average Bonchev–Trinajstić information content (AvgIpc) is 3.35. The molecule has 1 spiro atoms. The lowest BCUT2D eigenvalue weighted by Gasteiger charge is -2.64. The summed E-state index contributed by atoms with van der Waals surface area (Å²) in [5.41, 5.74) is -0.756. The number of ether oxygens (including phenoxy) is 1. The number of likely N-dealkylation sites (N-methyl/N-ethyl adjacent to an activating group) is 1. The molecule has 0 amide bonds. The van der Waals surface area contributed by atoms with Crippen molar-refractivity contribution in [3.63, 3.8) is 0 Å². The van der Waals surface area contributed by atoms with E-state index in [4.69, 9.17) is 4.74 Å². The van der Waals surface area contributed by atoms with Gasteiger partial charge in [-0.05, 0) is 24.5 Å². The lowest BCUT2D eigenvalue weighted by molar-refractivity contribution is -0.950. The molecular weight excluding hydrogens is 374 g/mol. The monoisotopic (exact) mass is 403 g/mol. The molecule has 6 rings (SSSR count). The van der Waals surface area contributed by atoms with E-state index in [1.807, 2.05) is 0 Å². The maximum Gasteiger partial charge on any atom is 0.202 e. The smallest absolute Gasteiger partial charge is 0.202 e. The van der Waals surface area contributed by atoms with Crippen molar-refractivity contribution in [2.24, 2.45) is 5.92 Å². The second-order valence-electron chi connectivity index (χ2n) is 9.92. The van der Waals surface area contributed by atoms with Crippen LogP contribution in [0, 0.1) is 13.3 Å². The number of phenols is 2. The van der Waals surface area contributed by atoms with Crippen LogP contribution >= 0.6 is 0 Å². The Morgan fingerprint density at radius 1 is 1.31 bits per heavy atom. The van der Waals surface area contributed by atoms with Crippen LogP contribution in [-0.2, 0) is 16.6 Å². The molecule has 7 nitrogen and oxygen atoms in total. The van der Waals surface area contributed by atoms with E-state index < -0.39 is 29.0 Å². The number of quaternary nitrogens is 1. The average molecular weight is 403 g/mol. The number of rotatable bonds is 2. The van der Waals surface area contributed by atoms with E-state index in [1.54, 1.807) is 6.07 Å². The molecule has 3 aliphatic carbocycles. The predicted molar refractivity (Wildman–Crippen MR) is 104 cm³/mol. The number of hydrogen-bond acceptors (Lipinski definition) is 6. The van der Waals surface area contributed by atoms with Crippen LogP contribution < -0.4 is 4.74 Å². The quantitative estimate of drug-likeness (QED) is 0.331. The lowest BCUT2D eigenvalue weighted by Crippen LogP contribution is -2.82. The highest BCUT2D eigenvalue weighted by molar-refractivity contribution is 5.93. The molecule has 6 atom stereocenters. The summed E-state index contributed by atoms with van der Waals surface area (Å²) >= 11 is 0. The highest BCUT2D eigenvalue weighted by Crippen LogP contribution is 2.66. The minimum atomic E-state index is -1.30. The van der Waals surface area contributed by atoms with Crippen molar-refractivity contribution in [2.75, 3.05) is 20.1 Å². The topological polar surface area (TPSA) is 107 Å². The molecule has 29 heavy (non-hydrogen) atoms. The van der Waals surface area contributed by atoms with Gasteiger partial charge in [0.2, 0.25) is 11.5 Å². The van der Waals surface area contributed by atoms with Gasteiger partial charge in [-0.3, -0.25) is 4.79 Å². The van der Waals surface area contributed by atoms with Crippen molar-refractivity contribution >= 4 is 5.78 Å². The molecular formula is C22H29NO6. The van der Waals surface area contributed by atoms with Crippen LogP contribution in [0.25, 0.3) is 0 Å². The van der Waals surface area contributed by atoms with Gasteiger partial charge in [0.25, 0.3) is 0 Å². The van der Waals surface area contributed by atoms with E-state index in [2.05, 4.69) is 7.05 Å². The first-order valence-corrected chi connectivity index (χ1v) is 10.2. The highest BCUT2D eigenvalue weighted by Gasteiger charge is 2.78. The molecule has 2 heterocycles. The number of piperidine rings is 1. The van der Waals surface area contributed by atoms with Gasteiger partial charge in [-0.1, -0.05) is 0 Å². The number of aliphatic hydroxyl groups excluding tert-OH is 1. The SMILES string of the molecule is C[N@+]1(CC2CC2)CC[C@]23c4c5cc(O)c(O)c4O[C@H]2C(=O)C(O)C[C@@]3(O)[C@H]1C5.[CH3-]. The minimum Gasteiger partial charge on any atom is -0.504 e. The van der Waals surface area contributed by atoms with Gasteiger partial charge in [0, 0.05) is 30.7 Å². The fraction of sp³-hybridized carbons (Fsp3) is 0.636. The minimum absolute atomic E-state index is 0. The fourth-order valence-electron chi connectivity index (χ4n) is 7.01. The first kappa shape index (κ1) is 19.2. The second-order valence-corrected chi connectivity index (χ2v) is 9.92. The van der Waals surface area contributed by atoms with E-state index >= 15 is 0 Å². The van der Waals surface area contributed by atoms with Crippen LogP contribution in [0.3, 0.4) is 0 Å². The Morgan fingerprint density at radius 2 is 2.03 bits per heavy atom. The van der Waals surface area contributed by atoms with Crippen LogP contribution in [-0.4, -0.2) is 74.7 Å². The molecule has 0 radical (unpaired) electrons. The van der Waals surface area contributed by atoms with Gasteiger partial charge in [0.05, 0.1) is 25.6 Å². The van der Waals surface area contributed by atoms with E-state index in [1.165, 1.54) is 12.8 Å². The van der Waals surface area contributed by atoms with Gasteiger partial charge in [0.15, 0.2) is 17.6 Å². The van der Waals surface area contributed by atoms with E-state index in [9.17, 15) is 25.2 Å². The van der Waals surface area contributed by atoms with Crippen LogP contribution in [0.15, 0.2) is 6.07 Å². The summed E-state index contributed by atoms with van der Waals surface area (Å²) in [6.45, 7) is 1.79.